The molecule has 1 atom stereocenters. The molecular weight excluding hydrogens is 306 g/mol. The second kappa shape index (κ2) is 6.98. The molecule has 2 N–H and O–H groups in total. The van der Waals surface area contributed by atoms with Crippen molar-refractivity contribution >= 4 is 28.1 Å². The van der Waals surface area contributed by atoms with Gasteiger partial charge in [-0.25, -0.2) is 13.1 Å². The molecule has 1 aromatic rings. The van der Waals surface area contributed by atoms with Gasteiger partial charge in [-0.2, -0.15) is 0 Å². The zero-order valence-electron chi connectivity index (χ0n) is 10.6. The van der Waals surface area contributed by atoms with Gasteiger partial charge in [0.2, 0.25) is 10.0 Å². The van der Waals surface area contributed by atoms with Gasteiger partial charge in [0.25, 0.3) is 5.69 Å². The molecule has 9 heteroatoms. The Balaban J connectivity index is 0.00000200. The van der Waals surface area contributed by atoms with E-state index in [0.717, 1.165) is 19.4 Å². The van der Waals surface area contributed by atoms with Gasteiger partial charge < -0.3 is 5.32 Å². The van der Waals surface area contributed by atoms with E-state index in [2.05, 4.69) is 10.0 Å². The van der Waals surface area contributed by atoms with Gasteiger partial charge in [-0.1, -0.05) is 12.1 Å². The molecule has 20 heavy (non-hydrogen) atoms. The van der Waals surface area contributed by atoms with Gasteiger partial charge in [0.15, 0.2) is 4.90 Å². The molecule has 0 amide bonds. The topological polar surface area (TPSA) is 101 Å². The van der Waals surface area contributed by atoms with E-state index in [4.69, 9.17) is 0 Å². The second-order valence-corrected chi connectivity index (χ2v) is 6.07. The van der Waals surface area contributed by atoms with Crippen LogP contribution >= 0.6 is 12.4 Å². The zero-order chi connectivity index (χ0) is 13.9. The molecule has 1 aliphatic heterocycles. The zero-order valence-corrected chi connectivity index (χ0v) is 12.2. The molecule has 0 bridgehead atoms. The van der Waals surface area contributed by atoms with Crippen LogP contribution in [0.1, 0.15) is 12.8 Å². The molecular formula is C11H16ClN3O4S. The number of hydrogen-bond acceptors (Lipinski definition) is 5. The van der Waals surface area contributed by atoms with Crippen molar-refractivity contribution in [2.45, 2.75) is 23.8 Å². The molecule has 1 aromatic carbocycles. The van der Waals surface area contributed by atoms with Crippen LogP contribution in [0.2, 0.25) is 0 Å². The first-order valence-corrected chi connectivity index (χ1v) is 7.45. The van der Waals surface area contributed by atoms with Gasteiger partial charge in [-0.15, -0.1) is 12.4 Å². The lowest BCUT2D eigenvalue weighted by Crippen LogP contribution is -2.45. The van der Waals surface area contributed by atoms with Gasteiger partial charge >= 0.3 is 0 Å². The van der Waals surface area contributed by atoms with Crippen molar-refractivity contribution < 1.29 is 13.3 Å². The molecule has 0 radical (unpaired) electrons. The van der Waals surface area contributed by atoms with Crippen molar-refractivity contribution in [3.63, 3.8) is 0 Å². The van der Waals surface area contributed by atoms with E-state index < -0.39 is 20.6 Å². The Morgan fingerprint density at radius 3 is 2.65 bits per heavy atom. The first kappa shape index (κ1) is 16.8. The third-order valence-corrected chi connectivity index (χ3v) is 4.54. The van der Waals surface area contributed by atoms with Gasteiger partial charge in [0.05, 0.1) is 4.92 Å². The monoisotopic (exact) mass is 321 g/mol. The maximum Gasteiger partial charge on any atom is 0.289 e. The van der Waals surface area contributed by atoms with Crippen LogP contribution < -0.4 is 10.0 Å². The number of rotatable bonds is 4. The lowest BCUT2D eigenvalue weighted by molar-refractivity contribution is -0.387. The summed E-state index contributed by atoms with van der Waals surface area (Å²) in [5.74, 6) is 0. The average Bonchev–Trinajstić information content (AvgIpc) is 2.39. The molecule has 1 heterocycles. The van der Waals surface area contributed by atoms with Gasteiger partial charge in [-0.05, 0) is 25.5 Å². The molecule has 1 unspecified atom stereocenters. The number of nitrogens with one attached hydrogen (secondary N) is 2. The minimum atomic E-state index is -3.87. The summed E-state index contributed by atoms with van der Waals surface area (Å²) in [5.41, 5.74) is -0.404. The van der Waals surface area contributed by atoms with E-state index in [0.29, 0.717) is 6.54 Å². The molecule has 0 aromatic heterocycles. The number of halogens is 1. The molecule has 112 valence electrons. The first-order valence-electron chi connectivity index (χ1n) is 5.97. The van der Waals surface area contributed by atoms with Crippen molar-refractivity contribution in [1.29, 1.82) is 0 Å². The van der Waals surface area contributed by atoms with Crippen LogP contribution in [0.3, 0.4) is 0 Å². The maximum absolute atomic E-state index is 12.2. The van der Waals surface area contributed by atoms with E-state index in [-0.39, 0.29) is 23.3 Å². The minimum absolute atomic E-state index is 0. The Morgan fingerprint density at radius 2 is 2.05 bits per heavy atom. The SMILES string of the molecule is Cl.O=[N+]([O-])c1ccccc1S(=O)(=O)NC1CCCNC1. The number of sulfonamides is 1. The predicted octanol–water partition coefficient (Wildman–Crippen LogP) is 1.05. The van der Waals surface area contributed by atoms with Crippen molar-refractivity contribution in [1.82, 2.24) is 10.0 Å². The van der Waals surface area contributed by atoms with Gasteiger partial charge in [0.1, 0.15) is 0 Å². The van der Waals surface area contributed by atoms with Crippen molar-refractivity contribution in [3.8, 4) is 0 Å². The number of piperidine rings is 1. The van der Waals surface area contributed by atoms with E-state index in [1.54, 1.807) is 0 Å². The highest BCUT2D eigenvalue weighted by molar-refractivity contribution is 7.89. The van der Waals surface area contributed by atoms with E-state index in [1.165, 1.54) is 24.3 Å². The molecule has 2 rings (SSSR count). The maximum atomic E-state index is 12.2. The highest BCUT2D eigenvalue weighted by Gasteiger charge is 2.28. The number of hydrogen-bond donors (Lipinski definition) is 2. The molecule has 1 saturated heterocycles. The van der Waals surface area contributed by atoms with Crippen LogP contribution in [0.15, 0.2) is 29.2 Å². The smallest absolute Gasteiger partial charge is 0.289 e. The fourth-order valence-electron chi connectivity index (χ4n) is 2.07. The third kappa shape index (κ3) is 3.89. The molecule has 0 saturated carbocycles. The minimum Gasteiger partial charge on any atom is -0.315 e. The quantitative estimate of drug-likeness (QED) is 0.637. The van der Waals surface area contributed by atoms with Crippen LogP contribution in [0.25, 0.3) is 0 Å². The van der Waals surface area contributed by atoms with Crippen LogP contribution in [-0.4, -0.2) is 32.5 Å². The van der Waals surface area contributed by atoms with Crippen LogP contribution in [0.4, 0.5) is 5.69 Å². The summed E-state index contributed by atoms with van der Waals surface area (Å²) in [6.45, 7) is 1.41. The van der Waals surface area contributed by atoms with Crippen molar-refractivity contribution in [2.24, 2.45) is 0 Å². The Morgan fingerprint density at radius 1 is 1.35 bits per heavy atom. The van der Waals surface area contributed by atoms with E-state index in [9.17, 15) is 18.5 Å². The van der Waals surface area contributed by atoms with Crippen LogP contribution in [0.5, 0.6) is 0 Å². The number of nitro groups is 1. The summed E-state index contributed by atoms with van der Waals surface area (Å²) in [5, 5.41) is 13.9. The predicted molar refractivity (Wildman–Crippen MR) is 76.6 cm³/mol. The number of nitro benzene ring substituents is 1. The van der Waals surface area contributed by atoms with Crippen LogP contribution in [-0.2, 0) is 10.0 Å². The van der Waals surface area contributed by atoms with Crippen molar-refractivity contribution in [3.05, 3.63) is 34.4 Å². The summed E-state index contributed by atoms with van der Waals surface area (Å²) in [7, 11) is -3.87. The number of nitrogens with zero attached hydrogens (tertiary/aromatic N) is 1. The molecule has 1 aliphatic rings. The lowest BCUT2D eigenvalue weighted by atomic mass is 10.1. The highest BCUT2D eigenvalue weighted by Crippen LogP contribution is 2.23. The normalized spacial score (nSPS) is 19.1. The molecule has 0 spiro atoms. The number of benzene rings is 1. The fourth-order valence-corrected chi connectivity index (χ4v) is 3.51. The Hall–Kier alpha value is -1.22. The van der Waals surface area contributed by atoms with Gasteiger partial charge in [0, 0.05) is 18.7 Å². The number of para-hydroxylation sites is 1. The van der Waals surface area contributed by atoms with Crippen LogP contribution in [0, 0.1) is 10.1 Å². The van der Waals surface area contributed by atoms with E-state index >= 15 is 0 Å². The molecule has 0 aliphatic carbocycles. The standard InChI is InChI=1S/C11H15N3O4S.ClH/c15-14(16)10-5-1-2-6-11(10)19(17,18)13-9-4-3-7-12-8-9;/h1-2,5-6,9,12-13H,3-4,7-8H2;1H. The lowest BCUT2D eigenvalue weighted by Gasteiger charge is -2.23. The van der Waals surface area contributed by atoms with Gasteiger partial charge in [-0.3, -0.25) is 10.1 Å². The Kier molecular flexibility index (Phi) is 5.88. The molecule has 1 fully saturated rings. The summed E-state index contributed by atoms with van der Waals surface area (Å²) in [6.07, 6.45) is 1.61. The largest absolute Gasteiger partial charge is 0.315 e. The summed E-state index contributed by atoms with van der Waals surface area (Å²) in [6, 6.07) is 5.13. The van der Waals surface area contributed by atoms with Crippen molar-refractivity contribution in [2.75, 3.05) is 13.1 Å². The average molecular weight is 322 g/mol. The second-order valence-electron chi connectivity index (χ2n) is 4.39. The molecule has 7 nitrogen and oxygen atoms in total. The van der Waals surface area contributed by atoms with E-state index in [1.807, 2.05) is 0 Å². The Labute approximate surface area is 123 Å². The summed E-state index contributed by atoms with van der Waals surface area (Å²) in [4.78, 5) is 9.89. The summed E-state index contributed by atoms with van der Waals surface area (Å²) < 4.78 is 26.9. The highest BCUT2D eigenvalue weighted by atomic mass is 35.5. The third-order valence-electron chi connectivity index (χ3n) is 2.97. The summed E-state index contributed by atoms with van der Waals surface area (Å²) >= 11 is 0. The Bertz CT molecular complexity index is 573. The first-order chi connectivity index (χ1) is 9.00. The fraction of sp³-hybridized carbons (Fsp3) is 0.455.